The van der Waals surface area contributed by atoms with Crippen molar-refractivity contribution in [1.82, 2.24) is 10.6 Å². The van der Waals surface area contributed by atoms with Crippen LogP contribution in [0.4, 0.5) is 0 Å². The Morgan fingerprint density at radius 1 is 1.53 bits per heavy atom. The summed E-state index contributed by atoms with van der Waals surface area (Å²) >= 11 is 3.32. The van der Waals surface area contributed by atoms with Crippen molar-refractivity contribution >= 4 is 21.9 Å². The zero-order valence-corrected chi connectivity index (χ0v) is 12.3. The van der Waals surface area contributed by atoms with Gasteiger partial charge in [-0.25, -0.2) is 0 Å². The second-order valence-corrected chi connectivity index (χ2v) is 5.59. The molecule has 0 spiro atoms. The quantitative estimate of drug-likeness (QED) is 0.603. The van der Waals surface area contributed by atoms with E-state index in [0.717, 1.165) is 36.4 Å². The van der Waals surface area contributed by atoms with Gasteiger partial charge in [0.25, 0.3) is 0 Å². The summed E-state index contributed by atoms with van der Waals surface area (Å²) in [6.07, 6.45) is 2.22. The lowest BCUT2D eigenvalue weighted by Gasteiger charge is -2.21. The summed E-state index contributed by atoms with van der Waals surface area (Å²) < 4.78 is 6.61. The standard InChI is InChI=1S/C12H22BrN3O/c1-4-14-11(15-8-10(2)13)16-9-12(3)6-5-7-17-12/h2,4-9H2,1,3H3,(H2,14,15,16). The highest BCUT2D eigenvalue weighted by molar-refractivity contribution is 9.11. The molecule has 0 saturated carbocycles. The number of ether oxygens (including phenoxy) is 1. The minimum Gasteiger partial charge on any atom is -0.373 e. The zero-order chi connectivity index (χ0) is 12.7. The number of nitrogens with one attached hydrogen (secondary N) is 2. The first kappa shape index (κ1) is 14.5. The lowest BCUT2D eigenvalue weighted by atomic mass is 10.0. The van der Waals surface area contributed by atoms with Crippen molar-refractivity contribution in [3.05, 3.63) is 11.1 Å². The van der Waals surface area contributed by atoms with Gasteiger partial charge in [-0.1, -0.05) is 22.5 Å². The highest BCUT2D eigenvalue weighted by atomic mass is 79.9. The van der Waals surface area contributed by atoms with Gasteiger partial charge < -0.3 is 15.4 Å². The van der Waals surface area contributed by atoms with Crippen molar-refractivity contribution in [2.75, 3.05) is 26.2 Å². The predicted molar refractivity (Wildman–Crippen MR) is 75.6 cm³/mol. The van der Waals surface area contributed by atoms with Gasteiger partial charge in [-0.05, 0) is 26.7 Å². The highest BCUT2D eigenvalue weighted by Crippen LogP contribution is 2.24. The van der Waals surface area contributed by atoms with Gasteiger partial charge in [-0.3, -0.25) is 4.99 Å². The van der Waals surface area contributed by atoms with Gasteiger partial charge >= 0.3 is 0 Å². The minimum atomic E-state index is -0.0895. The third kappa shape index (κ3) is 5.55. The minimum absolute atomic E-state index is 0.0895. The summed E-state index contributed by atoms with van der Waals surface area (Å²) in [5.41, 5.74) is -0.0895. The van der Waals surface area contributed by atoms with E-state index in [4.69, 9.17) is 4.74 Å². The van der Waals surface area contributed by atoms with Crippen LogP contribution in [-0.2, 0) is 4.74 Å². The number of rotatable bonds is 5. The van der Waals surface area contributed by atoms with Gasteiger partial charge in [0.1, 0.15) is 0 Å². The molecule has 0 bridgehead atoms. The molecule has 1 atom stereocenters. The molecule has 4 nitrogen and oxygen atoms in total. The highest BCUT2D eigenvalue weighted by Gasteiger charge is 2.29. The van der Waals surface area contributed by atoms with E-state index >= 15 is 0 Å². The first-order valence-corrected chi connectivity index (χ1v) is 6.84. The molecule has 0 aromatic carbocycles. The van der Waals surface area contributed by atoms with Gasteiger partial charge in [-0.15, -0.1) is 0 Å². The third-order valence-electron chi connectivity index (χ3n) is 2.66. The molecule has 0 amide bonds. The van der Waals surface area contributed by atoms with Gasteiger partial charge in [-0.2, -0.15) is 0 Å². The fourth-order valence-corrected chi connectivity index (χ4v) is 1.87. The molecule has 98 valence electrons. The van der Waals surface area contributed by atoms with Crippen LogP contribution in [0.25, 0.3) is 0 Å². The van der Waals surface area contributed by atoms with Crippen molar-refractivity contribution in [2.24, 2.45) is 4.99 Å². The van der Waals surface area contributed by atoms with E-state index in [2.05, 4.69) is 45.1 Å². The van der Waals surface area contributed by atoms with Crippen LogP contribution < -0.4 is 10.6 Å². The van der Waals surface area contributed by atoms with Gasteiger partial charge in [0.15, 0.2) is 5.96 Å². The molecule has 0 aromatic heterocycles. The Morgan fingerprint density at radius 2 is 2.29 bits per heavy atom. The molecular weight excluding hydrogens is 282 g/mol. The van der Waals surface area contributed by atoms with E-state index in [1.807, 2.05) is 6.92 Å². The number of aliphatic imine (C=N–C) groups is 1. The molecule has 1 fully saturated rings. The van der Waals surface area contributed by atoms with Crippen LogP contribution in [0.15, 0.2) is 16.1 Å². The van der Waals surface area contributed by atoms with E-state index in [1.54, 1.807) is 0 Å². The summed E-state index contributed by atoms with van der Waals surface area (Å²) in [5, 5.41) is 6.40. The summed E-state index contributed by atoms with van der Waals surface area (Å²) in [6.45, 7) is 11.0. The van der Waals surface area contributed by atoms with Crippen LogP contribution in [0, 0.1) is 0 Å². The molecule has 0 radical (unpaired) electrons. The normalized spacial score (nSPS) is 24.8. The Kier molecular flexibility index (Phi) is 5.98. The van der Waals surface area contributed by atoms with Gasteiger partial charge in [0.05, 0.1) is 12.1 Å². The van der Waals surface area contributed by atoms with Crippen LogP contribution in [0.2, 0.25) is 0 Å². The monoisotopic (exact) mass is 303 g/mol. The van der Waals surface area contributed by atoms with Crippen LogP contribution >= 0.6 is 15.9 Å². The zero-order valence-electron chi connectivity index (χ0n) is 10.7. The first-order valence-electron chi connectivity index (χ1n) is 6.05. The van der Waals surface area contributed by atoms with Crippen LogP contribution in [0.1, 0.15) is 26.7 Å². The van der Waals surface area contributed by atoms with Crippen molar-refractivity contribution in [3.63, 3.8) is 0 Å². The third-order valence-corrected chi connectivity index (χ3v) is 2.94. The number of nitrogens with zero attached hydrogens (tertiary/aromatic N) is 1. The smallest absolute Gasteiger partial charge is 0.191 e. The van der Waals surface area contributed by atoms with Gasteiger partial charge in [0.2, 0.25) is 0 Å². The molecule has 1 rings (SSSR count). The maximum absolute atomic E-state index is 5.71. The molecular formula is C12H22BrN3O. The fourth-order valence-electron chi connectivity index (χ4n) is 1.73. The molecule has 0 aromatic rings. The Bertz CT molecular complexity index is 285. The number of guanidine groups is 1. The van der Waals surface area contributed by atoms with Crippen LogP contribution in [0.3, 0.4) is 0 Å². The van der Waals surface area contributed by atoms with E-state index in [0.29, 0.717) is 13.1 Å². The molecule has 1 aliphatic heterocycles. The largest absolute Gasteiger partial charge is 0.373 e. The average molecular weight is 304 g/mol. The van der Waals surface area contributed by atoms with E-state index in [1.165, 1.54) is 0 Å². The Hall–Kier alpha value is -0.550. The molecule has 0 aliphatic carbocycles. The number of hydrogen-bond acceptors (Lipinski definition) is 2. The number of hydrogen-bond donors (Lipinski definition) is 2. The van der Waals surface area contributed by atoms with Crippen molar-refractivity contribution < 1.29 is 4.74 Å². The van der Waals surface area contributed by atoms with Crippen LogP contribution in [0.5, 0.6) is 0 Å². The summed E-state index contributed by atoms with van der Waals surface area (Å²) in [6, 6.07) is 0. The molecule has 17 heavy (non-hydrogen) atoms. The van der Waals surface area contributed by atoms with Crippen molar-refractivity contribution in [3.8, 4) is 0 Å². The predicted octanol–water partition coefficient (Wildman–Crippen LogP) is 2.02. The molecule has 2 N–H and O–H groups in total. The molecule has 1 heterocycles. The fraction of sp³-hybridized carbons (Fsp3) is 0.750. The van der Waals surface area contributed by atoms with E-state index < -0.39 is 0 Å². The molecule has 1 unspecified atom stereocenters. The second kappa shape index (κ2) is 7.01. The maximum Gasteiger partial charge on any atom is 0.191 e. The van der Waals surface area contributed by atoms with Crippen molar-refractivity contribution in [1.29, 1.82) is 0 Å². The first-order chi connectivity index (χ1) is 8.06. The lowest BCUT2D eigenvalue weighted by Crippen LogP contribution is -2.39. The maximum atomic E-state index is 5.71. The molecule has 5 heteroatoms. The van der Waals surface area contributed by atoms with E-state index in [9.17, 15) is 0 Å². The van der Waals surface area contributed by atoms with Crippen molar-refractivity contribution in [2.45, 2.75) is 32.3 Å². The Labute approximate surface area is 112 Å². The number of halogens is 1. The topological polar surface area (TPSA) is 45.7 Å². The van der Waals surface area contributed by atoms with Gasteiger partial charge in [0, 0.05) is 24.2 Å². The van der Waals surface area contributed by atoms with Crippen LogP contribution in [-0.4, -0.2) is 37.8 Å². The summed E-state index contributed by atoms with van der Waals surface area (Å²) in [4.78, 5) is 4.55. The SMILES string of the molecule is C=C(Br)CNC(=NCC1(C)CCCO1)NCC. The summed E-state index contributed by atoms with van der Waals surface area (Å²) in [7, 11) is 0. The lowest BCUT2D eigenvalue weighted by molar-refractivity contribution is 0.0283. The summed E-state index contributed by atoms with van der Waals surface area (Å²) in [5.74, 6) is 0.810. The van der Waals surface area contributed by atoms with E-state index in [-0.39, 0.29) is 5.60 Å². The average Bonchev–Trinajstić information content (AvgIpc) is 2.70. The Balaban J connectivity index is 2.47. The molecule has 1 saturated heterocycles. The Morgan fingerprint density at radius 3 is 2.82 bits per heavy atom. The molecule has 1 aliphatic rings. The second-order valence-electron chi connectivity index (χ2n) is 4.47.